The summed E-state index contributed by atoms with van der Waals surface area (Å²) in [6, 6.07) is 0. The van der Waals surface area contributed by atoms with Gasteiger partial charge in [0, 0.05) is 5.92 Å². The molecule has 0 radical (unpaired) electrons. The second kappa shape index (κ2) is 5.14. The van der Waals surface area contributed by atoms with Gasteiger partial charge in [-0.2, -0.15) is 0 Å². The summed E-state index contributed by atoms with van der Waals surface area (Å²) in [5, 5.41) is 0. The smallest absolute Gasteiger partial charge is 0.132 e. The van der Waals surface area contributed by atoms with Crippen LogP contribution in [0.2, 0.25) is 0 Å². The third-order valence-electron chi connectivity index (χ3n) is 4.20. The average Bonchev–Trinajstić information content (AvgIpc) is 2.91. The van der Waals surface area contributed by atoms with Crippen molar-refractivity contribution in [1.82, 2.24) is 0 Å². The van der Waals surface area contributed by atoms with Crippen molar-refractivity contribution >= 4 is 5.78 Å². The molecular weight excluding hydrogens is 184 g/mol. The molecule has 0 aromatic rings. The highest BCUT2D eigenvalue weighted by Crippen LogP contribution is 2.52. The molecule has 0 spiro atoms. The highest BCUT2D eigenvalue weighted by Gasteiger charge is 2.47. The van der Waals surface area contributed by atoms with Crippen molar-refractivity contribution in [2.24, 2.45) is 29.6 Å². The van der Waals surface area contributed by atoms with Crippen molar-refractivity contribution in [2.75, 3.05) is 0 Å². The molecule has 0 amide bonds. The molecule has 1 saturated carbocycles. The van der Waals surface area contributed by atoms with Crippen LogP contribution in [-0.4, -0.2) is 5.78 Å². The van der Waals surface area contributed by atoms with Crippen molar-refractivity contribution in [2.45, 2.75) is 53.9 Å². The topological polar surface area (TPSA) is 17.1 Å². The summed E-state index contributed by atoms with van der Waals surface area (Å²) in [6.45, 7) is 10.8. The largest absolute Gasteiger partial charge is 0.300 e. The minimum atomic E-state index is 0.299. The maximum absolute atomic E-state index is 11.3. The van der Waals surface area contributed by atoms with Gasteiger partial charge in [-0.1, -0.05) is 40.5 Å². The Balaban J connectivity index is 2.49. The van der Waals surface area contributed by atoms with Crippen molar-refractivity contribution in [3.8, 4) is 0 Å². The lowest BCUT2D eigenvalue weighted by molar-refractivity contribution is -0.121. The number of ketones is 1. The van der Waals surface area contributed by atoms with E-state index in [-0.39, 0.29) is 0 Å². The Morgan fingerprint density at radius 3 is 2.27 bits per heavy atom. The van der Waals surface area contributed by atoms with Gasteiger partial charge in [0.1, 0.15) is 5.78 Å². The lowest BCUT2D eigenvalue weighted by Gasteiger charge is -2.21. The van der Waals surface area contributed by atoms with Crippen molar-refractivity contribution in [1.29, 1.82) is 0 Å². The minimum Gasteiger partial charge on any atom is -0.300 e. The summed E-state index contributed by atoms with van der Waals surface area (Å²) >= 11 is 0. The van der Waals surface area contributed by atoms with Gasteiger partial charge in [0.2, 0.25) is 0 Å². The molecule has 1 fully saturated rings. The van der Waals surface area contributed by atoms with Crippen LogP contribution >= 0.6 is 0 Å². The van der Waals surface area contributed by atoms with Gasteiger partial charge < -0.3 is 0 Å². The Kier molecular flexibility index (Phi) is 4.36. The zero-order chi connectivity index (χ0) is 11.6. The SMILES string of the molecule is CCCC(C(C)C)C1CC1C(C)C(C)=O. The molecule has 1 aliphatic rings. The molecule has 1 aliphatic carbocycles. The van der Waals surface area contributed by atoms with Crippen LogP contribution < -0.4 is 0 Å². The van der Waals surface area contributed by atoms with Gasteiger partial charge in [-0.25, -0.2) is 0 Å². The van der Waals surface area contributed by atoms with Crippen LogP contribution in [0.4, 0.5) is 0 Å². The van der Waals surface area contributed by atoms with Crippen LogP contribution in [-0.2, 0) is 4.79 Å². The number of rotatable bonds is 6. The first-order valence-corrected chi connectivity index (χ1v) is 6.49. The zero-order valence-corrected chi connectivity index (χ0v) is 10.9. The van der Waals surface area contributed by atoms with Crippen LogP contribution in [0.15, 0.2) is 0 Å². The molecule has 0 aromatic carbocycles. The maximum atomic E-state index is 11.3. The standard InChI is InChI=1S/C14H26O/c1-6-7-12(9(2)3)14-8-13(14)10(4)11(5)15/h9-10,12-14H,6-8H2,1-5H3. The predicted octanol–water partition coefficient (Wildman–Crippen LogP) is 3.92. The first-order valence-electron chi connectivity index (χ1n) is 6.49. The molecule has 0 bridgehead atoms. The maximum Gasteiger partial charge on any atom is 0.132 e. The molecular formula is C14H26O. The summed E-state index contributed by atoms with van der Waals surface area (Å²) in [5.74, 6) is 3.83. The molecule has 1 rings (SSSR count). The number of Topliss-reactive ketones (excluding diaryl/α,β-unsaturated/α-hetero) is 1. The summed E-state index contributed by atoms with van der Waals surface area (Å²) in [7, 11) is 0. The van der Waals surface area contributed by atoms with Gasteiger partial charge in [0.15, 0.2) is 0 Å². The van der Waals surface area contributed by atoms with Crippen molar-refractivity contribution in [3.63, 3.8) is 0 Å². The van der Waals surface area contributed by atoms with E-state index < -0.39 is 0 Å². The van der Waals surface area contributed by atoms with Gasteiger partial charge in [-0.05, 0) is 37.0 Å². The fourth-order valence-electron chi connectivity index (χ4n) is 2.98. The Morgan fingerprint density at radius 1 is 1.27 bits per heavy atom. The van der Waals surface area contributed by atoms with E-state index in [9.17, 15) is 4.79 Å². The van der Waals surface area contributed by atoms with Crippen LogP contribution in [0.5, 0.6) is 0 Å². The average molecular weight is 210 g/mol. The number of hydrogen-bond acceptors (Lipinski definition) is 1. The van der Waals surface area contributed by atoms with Crippen molar-refractivity contribution < 1.29 is 4.79 Å². The van der Waals surface area contributed by atoms with Crippen LogP contribution in [0, 0.1) is 29.6 Å². The third kappa shape index (κ3) is 3.06. The van der Waals surface area contributed by atoms with E-state index in [4.69, 9.17) is 0 Å². The molecule has 88 valence electrons. The zero-order valence-electron chi connectivity index (χ0n) is 10.9. The summed E-state index contributed by atoms with van der Waals surface area (Å²) in [6.07, 6.45) is 3.91. The highest BCUT2D eigenvalue weighted by molar-refractivity contribution is 5.78. The van der Waals surface area contributed by atoms with E-state index in [1.807, 2.05) is 0 Å². The molecule has 0 aromatic heterocycles. The summed E-state index contributed by atoms with van der Waals surface area (Å²) in [4.78, 5) is 11.3. The van der Waals surface area contributed by atoms with E-state index >= 15 is 0 Å². The van der Waals surface area contributed by atoms with Gasteiger partial charge in [-0.15, -0.1) is 0 Å². The van der Waals surface area contributed by atoms with Crippen LogP contribution in [0.25, 0.3) is 0 Å². The Bertz CT molecular complexity index is 219. The van der Waals surface area contributed by atoms with Gasteiger partial charge >= 0.3 is 0 Å². The summed E-state index contributed by atoms with van der Waals surface area (Å²) < 4.78 is 0. The summed E-state index contributed by atoms with van der Waals surface area (Å²) in [5.41, 5.74) is 0. The molecule has 15 heavy (non-hydrogen) atoms. The van der Waals surface area contributed by atoms with Gasteiger partial charge in [-0.3, -0.25) is 4.79 Å². The number of carbonyl (C=O) groups is 1. The first-order chi connectivity index (χ1) is 6.99. The second-order valence-electron chi connectivity index (χ2n) is 5.66. The fourth-order valence-corrected chi connectivity index (χ4v) is 2.98. The molecule has 0 aliphatic heterocycles. The van der Waals surface area contributed by atoms with E-state index in [1.54, 1.807) is 6.92 Å². The second-order valence-corrected chi connectivity index (χ2v) is 5.66. The molecule has 0 N–H and O–H groups in total. The Hall–Kier alpha value is -0.330. The first kappa shape index (κ1) is 12.7. The van der Waals surface area contributed by atoms with Gasteiger partial charge in [0.05, 0.1) is 0 Å². The lowest BCUT2D eigenvalue weighted by atomic mass is 9.84. The quantitative estimate of drug-likeness (QED) is 0.649. The molecule has 0 heterocycles. The van der Waals surface area contributed by atoms with E-state index in [1.165, 1.54) is 19.3 Å². The molecule has 1 heteroatoms. The predicted molar refractivity (Wildman–Crippen MR) is 64.7 cm³/mol. The number of carbonyl (C=O) groups excluding carboxylic acids is 1. The fraction of sp³-hybridized carbons (Fsp3) is 0.929. The number of hydrogen-bond donors (Lipinski definition) is 0. The molecule has 1 nitrogen and oxygen atoms in total. The normalized spacial score (nSPS) is 28.9. The van der Waals surface area contributed by atoms with E-state index in [0.717, 1.165) is 17.8 Å². The monoisotopic (exact) mass is 210 g/mol. The third-order valence-corrected chi connectivity index (χ3v) is 4.20. The lowest BCUT2D eigenvalue weighted by Crippen LogP contribution is -2.16. The highest BCUT2D eigenvalue weighted by atomic mass is 16.1. The van der Waals surface area contributed by atoms with E-state index in [2.05, 4.69) is 27.7 Å². The Morgan fingerprint density at radius 2 is 1.87 bits per heavy atom. The van der Waals surface area contributed by atoms with E-state index in [0.29, 0.717) is 17.6 Å². The molecule has 4 atom stereocenters. The molecule has 0 saturated heterocycles. The van der Waals surface area contributed by atoms with Crippen molar-refractivity contribution in [3.05, 3.63) is 0 Å². The Labute approximate surface area is 94.6 Å². The van der Waals surface area contributed by atoms with Gasteiger partial charge in [0.25, 0.3) is 0 Å². The minimum absolute atomic E-state index is 0.299. The van der Waals surface area contributed by atoms with Crippen LogP contribution in [0.3, 0.4) is 0 Å². The molecule has 4 unspecified atom stereocenters. The van der Waals surface area contributed by atoms with Crippen LogP contribution in [0.1, 0.15) is 53.9 Å².